The van der Waals surface area contributed by atoms with Crippen molar-refractivity contribution in [2.24, 2.45) is 11.8 Å². The van der Waals surface area contributed by atoms with Crippen molar-refractivity contribution < 1.29 is 0 Å². The fourth-order valence-electron chi connectivity index (χ4n) is 1.96. The van der Waals surface area contributed by atoms with Gasteiger partial charge in [-0.15, -0.1) is 0 Å². The van der Waals surface area contributed by atoms with E-state index in [1.165, 1.54) is 25.7 Å². The van der Waals surface area contributed by atoms with Crippen LogP contribution in [-0.4, -0.2) is 0 Å². The summed E-state index contributed by atoms with van der Waals surface area (Å²) >= 11 is 0. The lowest BCUT2D eigenvalue weighted by Gasteiger charge is -2.21. The van der Waals surface area contributed by atoms with Gasteiger partial charge in [-0.2, -0.15) is 0 Å². The first kappa shape index (κ1) is 11.7. The summed E-state index contributed by atoms with van der Waals surface area (Å²) in [5, 5.41) is 0. The van der Waals surface area contributed by atoms with Crippen molar-refractivity contribution >= 4 is 0 Å². The van der Waals surface area contributed by atoms with Gasteiger partial charge in [0.15, 0.2) is 0 Å². The van der Waals surface area contributed by atoms with E-state index in [-0.39, 0.29) is 0 Å². The molecule has 0 aromatic carbocycles. The number of hydrogen-bond donors (Lipinski definition) is 0. The van der Waals surface area contributed by atoms with Crippen LogP contribution in [0, 0.1) is 11.8 Å². The topological polar surface area (TPSA) is 0 Å². The van der Waals surface area contributed by atoms with Crippen molar-refractivity contribution in [1.82, 2.24) is 0 Å². The Kier molecular flexibility index (Phi) is 7.23. The summed E-state index contributed by atoms with van der Waals surface area (Å²) in [7, 11) is 0. The maximum Gasteiger partial charge on any atom is -0.0206 e. The van der Waals surface area contributed by atoms with E-state index < -0.39 is 0 Å². The molecular formula is C12H24. The Bertz CT molecular complexity index is 109. The van der Waals surface area contributed by atoms with E-state index in [2.05, 4.69) is 39.8 Å². The van der Waals surface area contributed by atoms with Gasteiger partial charge in [-0.25, -0.2) is 0 Å². The van der Waals surface area contributed by atoms with Crippen LogP contribution in [0.25, 0.3) is 0 Å². The van der Waals surface area contributed by atoms with Crippen molar-refractivity contribution in [1.29, 1.82) is 0 Å². The smallest absolute Gasteiger partial charge is 0.0206 e. The summed E-state index contributed by atoms with van der Waals surface area (Å²) in [6.45, 7) is 9.02. The van der Waals surface area contributed by atoms with Crippen LogP contribution < -0.4 is 0 Å². The van der Waals surface area contributed by atoms with Gasteiger partial charge >= 0.3 is 0 Å². The van der Waals surface area contributed by atoms with Crippen LogP contribution in [0.3, 0.4) is 0 Å². The SMILES string of the molecule is CC=CC(CCC)C(CC)CC. The molecule has 0 aromatic heterocycles. The van der Waals surface area contributed by atoms with Crippen LogP contribution in [-0.2, 0) is 0 Å². The second kappa shape index (κ2) is 7.39. The number of rotatable bonds is 6. The van der Waals surface area contributed by atoms with Gasteiger partial charge in [0.25, 0.3) is 0 Å². The van der Waals surface area contributed by atoms with Crippen LogP contribution in [0.2, 0.25) is 0 Å². The van der Waals surface area contributed by atoms with Crippen LogP contribution >= 0.6 is 0 Å². The average molecular weight is 168 g/mol. The van der Waals surface area contributed by atoms with Gasteiger partial charge in [0, 0.05) is 0 Å². The Morgan fingerprint density at radius 1 is 1.08 bits per heavy atom. The zero-order valence-electron chi connectivity index (χ0n) is 9.14. The molecule has 0 rings (SSSR count). The lowest BCUT2D eigenvalue weighted by atomic mass is 9.84. The van der Waals surface area contributed by atoms with E-state index in [0.29, 0.717) is 0 Å². The van der Waals surface area contributed by atoms with Crippen molar-refractivity contribution in [3.05, 3.63) is 12.2 Å². The molecule has 0 bridgehead atoms. The lowest BCUT2D eigenvalue weighted by molar-refractivity contribution is 0.350. The Morgan fingerprint density at radius 2 is 1.67 bits per heavy atom. The van der Waals surface area contributed by atoms with Crippen LogP contribution in [0.1, 0.15) is 53.4 Å². The van der Waals surface area contributed by atoms with E-state index in [1.54, 1.807) is 0 Å². The van der Waals surface area contributed by atoms with Gasteiger partial charge in [0.2, 0.25) is 0 Å². The van der Waals surface area contributed by atoms with Crippen molar-refractivity contribution in [3.8, 4) is 0 Å². The Morgan fingerprint density at radius 3 is 2.00 bits per heavy atom. The first-order valence-corrected chi connectivity index (χ1v) is 5.42. The highest BCUT2D eigenvalue weighted by atomic mass is 14.2. The van der Waals surface area contributed by atoms with Gasteiger partial charge in [0.1, 0.15) is 0 Å². The molecule has 0 aliphatic rings. The largest absolute Gasteiger partial charge is 0.0914 e. The molecule has 12 heavy (non-hydrogen) atoms. The maximum atomic E-state index is 2.39. The second-order valence-electron chi connectivity index (χ2n) is 3.55. The van der Waals surface area contributed by atoms with E-state index in [9.17, 15) is 0 Å². The molecule has 0 radical (unpaired) electrons. The van der Waals surface area contributed by atoms with E-state index in [4.69, 9.17) is 0 Å². The molecule has 0 saturated carbocycles. The molecule has 0 aromatic rings. The molecule has 1 atom stereocenters. The standard InChI is InChI=1S/C12H24/c1-5-9-12(10-6-2)11(7-3)8-4/h5,9,11-12H,6-8,10H2,1-4H3. The maximum absolute atomic E-state index is 2.39. The molecule has 0 fully saturated rings. The van der Waals surface area contributed by atoms with Crippen molar-refractivity contribution in [2.75, 3.05) is 0 Å². The van der Waals surface area contributed by atoms with Gasteiger partial charge in [-0.3, -0.25) is 0 Å². The fraction of sp³-hybridized carbons (Fsp3) is 0.833. The summed E-state index contributed by atoms with van der Waals surface area (Å²) in [5.74, 6) is 1.73. The van der Waals surface area contributed by atoms with Crippen molar-refractivity contribution in [3.63, 3.8) is 0 Å². The Hall–Kier alpha value is -0.260. The minimum atomic E-state index is 0.829. The molecule has 0 aliphatic carbocycles. The second-order valence-corrected chi connectivity index (χ2v) is 3.55. The van der Waals surface area contributed by atoms with E-state index >= 15 is 0 Å². The van der Waals surface area contributed by atoms with Gasteiger partial charge in [-0.05, 0) is 25.2 Å². The Balaban J connectivity index is 4.04. The summed E-state index contributed by atoms with van der Waals surface area (Å²) in [6.07, 6.45) is 9.92. The summed E-state index contributed by atoms with van der Waals surface area (Å²) in [4.78, 5) is 0. The third kappa shape index (κ3) is 3.94. The number of hydrogen-bond acceptors (Lipinski definition) is 0. The first-order valence-electron chi connectivity index (χ1n) is 5.42. The molecule has 0 heterocycles. The monoisotopic (exact) mass is 168 g/mol. The number of allylic oxidation sites excluding steroid dienone is 2. The zero-order chi connectivity index (χ0) is 9.40. The van der Waals surface area contributed by atoms with Gasteiger partial charge in [0.05, 0.1) is 0 Å². The van der Waals surface area contributed by atoms with Crippen LogP contribution in [0.5, 0.6) is 0 Å². The Labute approximate surface area is 78.1 Å². The molecule has 0 amide bonds. The molecule has 0 N–H and O–H groups in total. The summed E-state index contributed by atoms with van der Waals surface area (Å²) < 4.78 is 0. The fourth-order valence-corrected chi connectivity index (χ4v) is 1.96. The van der Waals surface area contributed by atoms with Crippen LogP contribution in [0.15, 0.2) is 12.2 Å². The minimum absolute atomic E-state index is 0.829. The normalized spacial score (nSPS) is 14.4. The zero-order valence-corrected chi connectivity index (χ0v) is 9.14. The molecule has 0 aliphatic heterocycles. The average Bonchev–Trinajstić information content (AvgIpc) is 2.07. The van der Waals surface area contributed by atoms with Gasteiger partial charge in [-0.1, -0.05) is 52.2 Å². The molecule has 0 nitrogen and oxygen atoms in total. The molecule has 0 spiro atoms. The minimum Gasteiger partial charge on any atom is -0.0914 e. The highest BCUT2D eigenvalue weighted by molar-refractivity contribution is 4.88. The highest BCUT2D eigenvalue weighted by Crippen LogP contribution is 2.24. The molecule has 1 unspecified atom stereocenters. The van der Waals surface area contributed by atoms with Crippen LogP contribution in [0.4, 0.5) is 0 Å². The first-order chi connectivity index (χ1) is 5.79. The molecule has 0 heteroatoms. The highest BCUT2D eigenvalue weighted by Gasteiger charge is 2.13. The predicted molar refractivity (Wildman–Crippen MR) is 57.3 cm³/mol. The molecule has 72 valence electrons. The molecular weight excluding hydrogens is 144 g/mol. The predicted octanol–water partition coefficient (Wildman–Crippen LogP) is 4.42. The third-order valence-corrected chi connectivity index (χ3v) is 2.72. The van der Waals surface area contributed by atoms with Gasteiger partial charge < -0.3 is 0 Å². The van der Waals surface area contributed by atoms with E-state index in [1.807, 2.05) is 0 Å². The quantitative estimate of drug-likeness (QED) is 0.515. The van der Waals surface area contributed by atoms with E-state index in [0.717, 1.165) is 11.8 Å². The third-order valence-electron chi connectivity index (χ3n) is 2.72. The lowest BCUT2D eigenvalue weighted by Crippen LogP contribution is -2.10. The molecule has 0 saturated heterocycles. The summed E-state index contributed by atoms with van der Waals surface area (Å²) in [5.41, 5.74) is 0. The van der Waals surface area contributed by atoms with Crippen molar-refractivity contribution in [2.45, 2.75) is 53.4 Å². The summed E-state index contributed by atoms with van der Waals surface area (Å²) in [6, 6.07) is 0.